The van der Waals surface area contributed by atoms with Crippen LogP contribution in [0.3, 0.4) is 0 Å². The van der Waals surface area contributed by atoms with Gasteiger partial charge in [-0.2, -0.15) is 0 Å². The lowest BCUT2D eigenvalue weighted by Gasteiger charge is -2.22. The van der Waals surface area contributed by atoms with Crippen molar-refractivity contribution in [3.05, 3.63) is 36.3 Å². The molecule has 0 aromatic carbocycles. The number of sulfone groups is 1. The Labute approximate surface area is 113 Å². The smallest absolute Gasteiger partial charge is 0.153 e. The molecule has 0 amide bonds. The highest BCUT2D eigenvalue weighted by molar-refractivity contribution is 7.92. The Hall–Kier alpha value is -1.40. The fourth-order valence-electron chi connectivity index (χ4n) is 1.70. The van der Waals surface area contributed by atoms with Crippen LogP contribution in [0.15, 0.2) is 30.6 Å². The van der Waals surface area contributed by atoms with Crippen LogP contribution in [0, 0.1) is 0 Å². The van der Waals surface area contributed by atoms with Crippen LogP contribution in [0.4, 0.5) is 0 Å². The molecule has 2 aromatic rings. The van der Waals surface area contributed by atoms with E-state index >= 15 is 0 Å². The van der Waals surface area contributed by atoms with Crippen molar-refractivity contribution in [3.8, 4) is 0 Å². The van der Waals surface area contributed by atoms with Gasteiger partial charge >= 0.3 is 0 Å². The molecule has 0 bridgehead atoms. The van der Waals surface area contributed by atoms with E-state index < -0.39 is 14.6 Å². The van der Waals surface area contributed by atoms with E-state index in [9.17, 15) is 8.42 Å². The summed E-state index contributed by atoms with van der Waals surface area (Å²) in [5, 5.41) is 3.15. The van der Waals surface area contributed by atoms with Crippen molar-refractivity contribution in [3.63, 3.8) is 0 Å². The number of fused-ring (bicyclic) bond motifs is 1. The maximum atomic E-state index is 11.6. The summed E-state index contributed by atoms with van der Waals surface area (Å²) in [7, 11) is -3.07. The quantitative estimate of drug-likeness (QED) is 0.896. The summed E-state index contributed by atoms with van der Waals surface area (Å²) in [4.78, 5) is 4.45. The van der Waals surface area contributed by atoms with Gasteiger partial charge in [-0.3, -0.25) is 0 Å². The number of aromatic nitrogens is 2. The maximum Gasteiger partial charge on any atom is 0.153 e. The van der Waals surface area contributed by atoms with E-state index in [0.29, 0.717) is 13.1 Å². The van der Waals surface area contributed by atoms with Crippen LogP contribution in [0.1, 0.15) is 19.5 Å². The molecule has 2 aromatic heterocycles. The molecule has 5 nitrogen and oxygen atoms in total. The van der Waals surface area contributed by atoms with Crippen molar-refractivity contribution >= 4 is 15.5 Å². The van der Waals surface area contributed by atoms with Crippen LogP contribution in [0.5, 0.6) is 0 Å². The van der Waals surface area contributed by atoms with E-state index in [2.05, 4.69) is 10.3 Å². The molecule has 0 fully saturated rings. The van der Waals surface area contributed by atoms with Gasteiger partial charge in [0, 0.05) is 31.7 Å². The summed E-state index contributed by atoms with van der Waals surface area (Å²) >= 11 is 0. The molecular weight excluding hydrogens is 262 g/mol. The van der Waals surface area contributed by atoms with E-state index in [4.69, 9.17) is 0 Å². The first-order valence-electron chi connectivity index (χ1n) is 6.12. The average Bonchev–Trinajstić information content (AvgIpc) is 2.69. The molecule has 104 valence electrons. The van der Waals surface area contributed by atoms with Crippen LogP contribution in [-0.2, 0) is 16.4 Å². The number of pyridine rings is 1. The zero-order valence-electron chi connectivity index (χ0n) is 11.4. The van der Waals surface area contributed by atoms with Gasteiger partial charge < -0.3 is 9.72 Å². The van der Waals surface area contributed by atoms with Gasteiger partial charge in [-0.1, -0.05) is 6.07 Å². The van der Waals surface area contributed by atoms with Crippen LogP contribution in [0.25, 0.3) is 5.65 Å². The van der Waals surface area contributed by atoms with E-state index in [-0.39, 0.29) is 0 Å². The molecule has 0 aliphatic rings. The monoisotopic (exact) mass is 281 g/mol. The van der Waals surface area contributed by atoms with Crippen LogP contribution in [0.2, 0.25) is 0 Å². The second-order valence-electron chi connectivity index (χ2n) is 5.33. The third-order valence-electron chi connectivity index (χ3n) is 3.27. The summed E-state index contributed by atoms with van der Waals surface area (Å²) in [5.41, 5.74) is 1.79. The van der Waals surface area contributed by atoms with Crippen molar-refractivity contribution in [2.24, 2.45) is 0 Å². The highest BCUT2D eigenvalue weighted by atomic mass is 32.2. The van der Waals surface area contributed by atoms with Crippen molar-refractivity contribution in [2.75, 3.05) is 12.8 Å². The normalized spacial score (nSPS) is 13.0. The molecule has 0 atom stereocenters. The average molecular weight is 281 g/mol. The molecule has 0 radical (unpaired) electrons. The van der Waals surface area contributed by atoms with Gasteiger partial charge in [-0.15, -0.1) is 0 Å². The molecule has 0 saturated carbocycles. The number of hydrogen-bond acceptors (Lipinski definition) is 4. The fourth-order valence-corrected chi connectivity index (χ4v) is 2.06. The van der Waals surface area contributed by atoms with Gasteiger partial charge in [-0.05, 0) is 26.0 Å². The summed E-state index contributed by atoms with van der Waals surface area (Å²) in [5.74, 6) is 0. The number of nitrogens with one attached hydrogen (secondary N) is 1. The van der Waals surface area contributed by atoms with E-state index in [1.54, 1.807) is 13.8 Å². The summed E-state index contributed by atoms with van der Waals surface area (Å²) in [6.07, 6.45) is 5.14. The highest BCUT2D eigenvalue weighted by Gasteiger charge is 2.29. The molecule has 1 N–H and O–H groups in total. The molecule has 0 saturated heterocycles. The summed E-state index contributed by atoms with van der Waals surface area (Å²) in [6, 6.07) is 5.81. The number of rotatable bonds is 5. The third kappa shape index (κ3) is 3.13. The van der Waals surface area contributed by atoms with Crippen molar-refractivity contribution in [1.82, 2.24) is 14.7 Å². The van der Waals surface area contributed by atoms with Gasteiger partial charge in [0.25, 0.3) is 0 Å². The molecule has 2 rings (SSSR count). The molecule has 19 heavy (non-hydrogen) atoms. The maximum absolute atomic E-state index is 11.6. The van der Waals surface area contributed by atoms with E-state index in [1.807, 2.05) is 35.0 Å². The molecule has 2 heterocycles. The number of imidazole rings is 1. The topological polar surface area (TPSA) is 63.5 Å². The Morgan fingerprint density at radius 1 is 1.37 bits per heavy atom. The Bertz CT molecular complexity index is 641. The Morgan fingerprint density at radius 3 is 2.74 bits per heavy atom. The third-order valence-corrected chi connectivity index (χ3v) is 5.43. The lowest BCUT2D eigenvalue weighted by Crippen LogP contribution is -2.41. The standard InChI is InChI=1S/C13H19N3O2S/c1-13(2,19(3,17)18)10-14-8-11-9-16-7-5-4-6-12(16)15-11/h4-7,9,14H,8,10H2,1-3H3. The zero-order valence-corrected chi connectivity index (χ0v) is 12.2. The van der Waals surface area contributed by atoms with Gasteiger partial charge in [0.2, 0.25) is 0 Å². The molecule has 0 aliphatic heterocycles. The Balaban J connectivity index is 2.00. The minimum absolute atomic E-state index is 0.402. The largest absolute Gasteiger partial charge is 0.310 e. The van der Waals surface area contributed by atoms with E-state index in [0.717, 1.165) is 11.3 Å². The minimum Gasteiger partial charge on any atom is -0.310 e. The highest BCUT2D eigenvalue weighted by Crippen LogP contribution is 2.13. The fraction of sp³-hybridized carbons (Fsp3) is 0.462. The second-order valence-corrected chi connectivity index (χ2v) is 7.98. The minimum atomic E-state index is -3.07. The number of hydrogen-bond donors (Lipinski definition) is 1. The Morgan fingerprint density at radius 2 is 2.11 bits per heavy atom. The van der Waals surface area contributed by atoms with Crippen LogP contribution in [-0.4, -0.2) is 35.4 Å². The summed E-state index contributed by atoms with van der Waals surface area (Å²) in [6.45, 7) is 4.40. The van der Waals surface area contributed by atoms with Crippen molar-refractivity contribution < 1.29 is 8.42 Å². The van der Waals surface area contributed by atoms with Crippen molar-refractivity contribution in [2.45, 2.75) is 25.1 Å². The van der Waals surface area contributed by atoms with Crippen LogP contribution >= 0.6 is 0 Å². The SMILES string of the molecule is CC(C)(CNCc1cn2ccccc2n1)S(C)(=O)=O. The molecule has 0 aliphatic carbocycles. The van der Waals surface area contributed by atoms with Gasteiger partial charge in [-0.25, -0.2) is 13.4 Å². The first-order valence-corrected chi connectivity index (χ1v) is 8.02. The van der Waals surface area contributed by atoms with Gasteiger partial charge in [0.15, 0.2) is 9.84 Å². The zero-order chi connectivity index (χ0) is 14.1. The lowest BCUT2D eigenvalue weighted by atomic mass is 10.2. The van der Waals surface area contributed by atoms with E-state index in [1.165, 1.54) is 6.26 Å². The predicted octanol–water partition coefficient (Wildman–Crippen LogP) is 1.25. The summed E-state index contributed by atoms with van der Waals surface area (Å²) < 4.78 is 24.3. The predicted molar refractivity (Wildman–Crippen MR) is 75.8 cm³/mol. The first kappa shape index (κ1) is 14.0. The Kier molecular flexibility index (Phi) is 3.64. The second kappa shape index (κ2) is 4.94. The van der Waals surface area contributed by atoms with Crippen molar-refractivity contribution in [1.29, 1.82) is 0 Å². The van der Waals surface area contributed by atoms with Gasteiger partial charge in [0.05, 0.1) is 10.4 Å². The molecule has 0 spiro atoms. The first-order chi connectivity index (χ1) is 8.79. The lowest BCUT2D eigenvalue weighted by molar-refractivity contribution is 0.520. The number of nitrogens with zero attached hydrogens (tertiary/aromatic N) is 2. The van der Waals surface area contributed by atoms with Crippen LogP contribution < -0.4 is 5.32 Å². The van der Waals surface area contributed by atoms with Gasteiger partial charge in [0.1, 0.15) is 5.65 Å². The molecule has 6 heteroatoms. The molecule has 0 unspecified atom stereocenters. The molecular formula is C13H19N3O2S.